The molecule has 0 atom stereocenters. The van der Waals surface area contributed by atoms with Crippen LogP contribution >= 0.6 is 23.2 Å². The first-order valence-electron chi connectivity index (χ1n) is 8.49. The fraction of sp³-hybridized carbons (Fsp3) is 0.300. The van der Waals surface area contributed by atoms with Gasteiger partial charge >= 0.3 is 5.97 Å². The fourth-order valence-corrected chi connectivity index (χ4v) is 3.20. The molecule has 0 unspecified atom stereocenters. The van der Waals surface area contributed by atoms with Crippen molar-refractivity contribution in [1.29, 1.82) is 0 Å². The van der Waals surface area contributed by atoms with Gasteiger partial charge in [-0.15, -0.1) is 0 Å². The molecule has 6 heteroatoms. The summed E-state index contributed by atoms with van der Waals surface area (Å²) in [6.07, 6.45) is 1.22. The predicted molar refractivity (Wildman–Crippen MR) is 101 cm³/mol. The van der Waals surface area contributed by atoms with E-state index in [0.717, 1.165) is 5.56 Å². The van der Waals surface area contributed by atoms with Crippen LogP contribution in [0.2, 0.25) is 10.0 Å². The van der Waals surface area contributed by atoms with Crippen LogP contribution in [0.3, 0.4) is 0 Å². The Balaban J connectivity index is 1.48. The maximum Gasteiger partial charge on any atom is 0.309 e. The lowest BCUT2D eigenvalue weighted by atomic mass is 9.96. The Labute approximate surface area is 162 Å². The normalized spacial score (nSPS) is 14.9. The summed E-state index contributed by atoms with van der Waals surface area (Å²) >= 11 is 11.7. The summed E-state index contributed by atoms with van der Waals surface area (Å²) in [4.78, 5) is 26.5. The Bertz CT molecular complexity index is 767. The lowest BCUT2D eigenvalue weighted by Gasteiger charge is -2.31. The Hall–Kier alpha value is -2.04. The Morgan fingerprint density at radius 1 is 0.923 bits per heavy atom. The van der Waals surface area contributed by atoms with E-state index in [4.69, 9.17) is 27.9 Å². The average Bonchev–Trinajstić information content (AvgIpc) is 2.67. The summed E-state index contributed by atoms with van der Waals surface area (Å²) in [5.74, 6) is -0.412. The molecule has 1 aliphatic heterocycles. The number of hydrogen-bond acceptors (Lipinski definition) is 3. The molecular formula is C20H19Cl2NO3. The third-order valence-electron chi connectivity index (χ3n) is 4.50. The minimum atomic E-state index is -0.210. The standard InChI is InChI=1S/C20H19Cl2NO3/c21-17-5-1-14(2-6-17)13-26-20(25)16-9-11-23(12-10-16)19(24)15-3-7-18(22)8-4-15/h1-8,16H,9-13H2. The number of rotatable bonds is 4. The smallest absolute Gasteiger partial charge is 0.309 e. The molecule has 1 aliphatic rings. The van der Waals surface area contributed by atoms with E-state index in [1.807, 2.05) is 12.1 Å². The van der Waals surface area contributed by atoms with Crippen molar-refractivity contribution in [2.75, 3.05) is 13.1 Å². The summed E-state index contributed by atoms with van der Waals surface area (Å²) in [7, 11) is 0. The third kappa shape index (κ3) is 4.77. The highest BCUT2D eigenvalue weighted by Crippen LogP contribution is 2.22. The van der Waals surface area contributed by atoms with Crippen LogP contribution in [-0.4, -0.2) is 29.9 Å². The quantitative estimate of drug-likeness (QED) is 0.715. The zero-order valence-corrected chi connectivity index (χ0v) is 15.7. The molecule has 136 valence electrons. The monoisotopic (exact) mass is 391 g/mol. The average molecular weight is 392 g/mol. The van der Waals surface area contributed by atoms with Gasteiger partial charge in [0.15, 0.2) is 0 Å². The summed E-state index contributed by atoms with van der Waals surface area (Å²) in [6, 6.07) is 14.1. The number of carbonyl (C=O) groups excluding carboxylic acids is 2. The Morgan fingerprint density at radius 2 is 1.46 bits per heavy atom. The summed E-state index contributed by atoms with van der Waals surface area (Å²) in [6.45, 7) is 1.32. The van der Waals surface area contributed by atoms with Crippen molar-refractivity contribution in [1.82, 2.24) is 4.90 Å². The van der Waals surface area contributed by atoms with E-state index in [1.165, 1.54) is 0 Å². The van der Waals surface area contributed by atoms with Gasteiger partial charge in [0.1, 0.15) is 6.61 Å². The van der Waals surface area contributed by atoms with Gasteiger partial charge in [-0.2, -0.15) is 0 Å². The molecule has 1 saturated heterocycles. The second-order valence-electron chi connectivity index (χ2n) is 6.31. The Kier molecular flexibility index (Phi) is 6.17. The Morgan fingerprint density at radius 3 is 2.04 bits per heavy atom. The van der Waals surface area contributed by atoms with Gasteiger partial charge in [-0.25, -0.2) is 0 Å². The number of ether oxygens (including phenoxy) is 1. The minimum absolute atomic E-state index is 0.0327. The second-order valence-corrected chi connectivity index (χ2v) is 7.18. The number of piperidine rings is 1. The third-order valence-corrected chi connectivity index (χ3v) is 5.00. The van der Waals surface area contributed by atoms with Crippen molar-refractivity contribution in [2.45, 2.75) is 19.4 Å². The van der Waals surface area contributed by atoms with E-state index in [9.17, 15) is 9.59 Å². The van der Waals surface area contributed by atoms with Gasteiger partial charge in [0.25, 0.3) is 5.91 Å². The van der Waals surface area contributed by atoms with Crippen molar-refractivity contribution in [3.63, 3.8) is 0 Å². The molecule has 2 aromatic carbocycles. The molecule has 1 fully saturated rings. The molecule has 0 N–H and O–H groups in total. The number of esters is 1. The number of halogens is 2. The highest BCUT2D eigenvalue weighted by Gasteiger charge is 2.28. The van der Waals surface area contributed by atoms with Crippen LogP contribution in [0, 0.1) is 5.92 Å². The van der Waals surface area contributed by atoms with Gasteiger partial charge in [0.05, 0.1) is 5.92 Å². The second kappa shape index (κ2) is 8.56. The van der Waals surface area contributed by atoms with Crippen LogP contribution in [0.5, 0.6) is 0 Å². The van der Waals surface area contributed by atoms with Crippen LogP contribution in [-0.2, 0) is 16.1 Å². The molecule has 0 aliphatic carbocycles. The highest BCUT2D eigenvalue weighted by atomic mass is 35.5. The lowest BCUT2D eigenvalue weighted by molar-refractivity contribution is -0.151. The van der Waals surface area contributed by atoms with Gasteiger partial charge in [-0.3, -0.25) is 9.59 Å². The molecule has 1 amide bonds. The van der Waals surface area contributed by atoms with Crippen molar-refractivity contribution in [3.05, 3.63) is 69.7 Å². The van der Waals surface area contributed by atoms with E-state index < -0.39 is 0 Å². The molecule has 0 spiro atoms. The molecule has 0 saturated carbocycles. The van der Waals surface area contributed by atoms with Gasteiger partial charge < -0.3 is 9.64 Å². The van der Waals surface area contributed by atoms with Crippen molar-refractivity contribution >= 4 is 35.1 Å². The van der Waals surface area contributed by atoms with E-state index >= 15 is 0 Å². The summed E-state index contributed by atoms with van der Waals surface area (Å²) in [5, 5.41) is 1.25. The molecule has 0 bridgehead atoms. The molecule has 0 aromatic heterocycles. The highest BCUT2D eigenvalue weighted by molar-refractivity contribution is 6.30. The number of carbonyl (C=O) groups is 2. The number of likely N-dealkylation sites (tertiary alicyclic amines) is 1. The molecule has 26 heavy (non-hydrogen) atoms. The topological polar surface area (TPSA) is 46.6 Å². The summed E-state index contributed by atoms with van der Waals surface area (Å²) in [5.41, 5.74) is 1.51. The largest absolute Gasteiger partial charge is 0.461 e. The number of amides is 1. The molecule has 4 nitrogen and oxygen atoms in total. The van der Waals surface area contributed by atoms with Crippen LogP contribution in [0.1, 0.15) is 28.8 Å². The number of hydrogen-bond donors (Lipinski definition) is 0. The van der Waals surface area contributed by atoms with Crippen molar-refractivity contribution < 1.29 is 14.3 Å². The first-order chi connectivity index (χ1) is 12.5. The first kappa shape index (κ1) is 18.7. The van der Waals surface area contributed by atoms with Crippen molar-refractivity contribution in [2.24, 2.45) is 5.92 Å². The van der Waals surface area contributed by atoms with Crippen LogP contribution in [0.4, 0.5) is 0 Å². The van der Waals surface area contributed by atoms with E-state index in [-0.39, 0.29) is 24.4 Å². The molecule has 1 heterocycles. The molecule has 3 rings (SSSR count). The van der Waals surface area contributed by atoms with Crippen molar-refractivity contribution in [3.8, 4) is 0 Å². The van der Waals surface area contributed by atoms with E-state index in [0.29, 0.717) is 41.5 Å². The van der Waals surface area contributed by atoms with Gasteiger partial charge in [0, 0.05) is 28.7 Å². The zero-order valence-electron chi connectivity index (χ0n) is 14.2. The zero-order chi connectivity index (χ0) is 18.5. The summed E-state index contributed by atoms with van der Waals surface area (Å²) < 4.78 is 5.40. The maximum atomic E-state index is 12.5. The van der Waals surface area contributed by atoms with Gasteiger partial charge in [-0.05, 0) is 54.8 Å². The maximum absolute atomic E-state index is 12.5. The molecular weight excluding hydrogens is 373 g/mol. The van der Waals surface area contributed by atoms with Crippen LogP contribution in [0.15, 0.2) is 48.5 Å². The molecule has 2 aromatic rings. The van der Waals surface area contributed by atoms with Gasteiger partial charge in [-0.1, -0.05) is 35.3 Å². The number of benzene rings is 2. The number of nitrogens with zero attached hydrogens (tertiary/aromatic N) is 1. The molecule has 0 radical (unpaired) electrons. The first-order valence-corrected chi connectivity index (χ1v) is 9.24. The predicted octanol–water partition coefficient (Wildman–Crippen LogP) is 4.59. The van der Waals surface area contributed by atoms with Gasteiger partial charge in [0.2, 0.25) is 0 Å². The van der Waals surface area contributed by atoms with E-state index in [2.05, 4.69) is 0 Å². The lowest BCUT2D eigenvalue weighted by Crippen LogP contribution is -2.40. The van der Waals surface area contributed by atoms with E-state index in [1.54, 1.807) is 41.3 Å². The fourth-order valence-electron chi connectivity index (χ4n) is 2.95. The minimum Gasteiger partial charge on any atom is -0.461 e. The van der Waals surface area contributed by atoms with Crippen LogP contribution in [0.25, 0.3) is 0 Å². The van der Waals surface area contributed by atoms with Crippen LogP contribution < -0.4 is 0 Å². The SMILES string of the molecule is O=C(OCc1ccc(Cl)cc1)C1CCN(C(=O)c2ccc(Cl)cc2)CC1.